The highest BCUT2D eigenvalue weighted by atomic mass is 16.5. The standard InChI is InChI=1S/C23H29N3O4/c1-24(2)19-11-9-18(10-12-19)23(28)26-14-6-13-25(15-16-26)22(27)17-30-21-8-5-4-7-20(21)29-3/h4-5,7-12H,6,13-17H2,1-3H3. The molecule has 2 aromatic rings. The molecule has 1 aliphatic heterocycles. The SMILES string of the molecule is COc1ccccc1OCC(=O)N1CCCN(C(=O)c2ccc(N(C)C)cc2)CC1. The third-order valence-electron chi connectivity index (χ3n) is 5.19. The van der Waals surface area contributed by atoms with Crippen molar-refractivity contribution < 1.29 is 19.1 Å². The highest BCUT2D eigenvalue weighted by Gasteiger charge is 2.23. The van der Waals surface area contributed by atoms with Gasteiger partial charge in [0.2, 0.25) is 0 Å². The molecule has 0 saturated carbocycles. The van der Waals surface area contributed by atoms with Gasteiger partial charge in [0.05, 0.1) is 7.11 Å². The van der Waals surface area contributed by atoms with Gasteiger partial charge in [-0.2, -0.15) is 0 Å². The topological polar surface area (TPSA) is 62.3 Å². The predicted octanol–water partition coefficient (Wildman–Crippen LogP) is 2.51. The van der Waals surface area contributed by atoms with Gasteiger partial charge >= 0.3 is 0 Å². The third kappa shape index (κ3) is 5.23. The summed E-state index contributed by atoms with van der Waals surface area (Å²) in [6.45, 7) is 2.19. The summed E-state index contributed by atoms with van der Waals surface area (Å²) in [7, 11) is 5.50. The average molecular weight is 412 g/mol. The first-order chi connectivity index (χ1) is 14.5. The third-order valence-corrected chi connectivity index (χ3v) is 5.19. The zero-order chi connectivity index (χ0) is 21.5. The summed E-state index contributed by atoms with van der Waals surface area (Å²) in [4.78, 5) is 31.1. The highest BCUT2D eigenvalue weighted by molar-refractivity contribution is 5.94. The quantitative estimate of drug-likeness (QED) is 0.731. The zero-order valence-electron chi connectivity index (χ0n) is 17.8. The monoisotopic (exact) mass is 411 g/mol. The first-order valence-electron chi connectivity index (χ1n) is 10.1. The van der Waals surface area contributed by atoms with Crippen molar-refractivity contribution in [1.29, 1.82) is 0 Å². The van der Waals surface area contributed by atoms with Crippen LogP contribution < -0.4 is 14.4 Å². The molecular formula is C23H29N3O4. The van der Waals surface area contributed by atoms with Gasteiger partial charge in [0.1, 0.15) is 0 Å². The number of para-hydroxylation sites is 2. The van der Waals surface area contributed by atoms with Crippen LogP contribution in [0.4, 0.5) is 5.69 Å². The fourth-order valence-corrected chi connectivity index (χ4v) is 3.42. The van der Waals surface area contributed by atoms with Crippen LogP contribution in [0.5, 0.6) is 11.5 Å². The number of nitrogens with zero attached hydrogens (tertiary/aromatic N) is 3. The number of anilines is 1. The first-order valence-corrected chi connectivity index (χ1v) is 10.1. The minimum absolute atomic E-state index is 0.000114. The number of hydrogen-bond donors (Lipinski definition) is 0. The van der Waals surface area contributed by atoms with Crippen molar-refractivity contribution in [2.24, 2.45) is 0 Å². The van der Waals surface area contributed by atoms with Crippen LogP contribution in [0.1, 0.15) is 16.8 Å². The van der Waals surface area contributed by atoms with Gasteiger partial charge in [0.25, 0.3) is 11.8 Å². The number of ether oxygens (including phenoxy) is 2. The summed E-state index contributed by atoms with van der Waals surface area (Å²) >= 11 is 0. The van der Waals surface area contributed by atoms with E-state index in [2.05, 4.69) is 0 Å². The van der Waals surface area contributed by atoms with Crippen molar-refractivity contribution in [2.75, 3.05) is 58.9 Å². The van der Waals surface area contributed by atoms with Crippen LogP contribution in [-0.2, 0) is 4.79 Å². The van der Waals surface area contributed by atoms with E-state index in [-0.39, 0.29) is 18.4 Å². The number of rotatable bonds is 6. The largest absolute Gasteiger partial charge is 0.493 e. The Bertz CT molecular complexity index is 867. The molecule has 0 N–H and O–H groups in total. The molecule has 160 valence electrons. The summed E-state index contributed by atoms with van der Waals surface area (Å²) in [5, 5.41) is 0. The Hall–Kier alpha value is -3.22. The number of benzene rings is 2. The van der Waals surface area contributed by atoms with E-state index in [4.69, 9.17) is 9.47 Å². The lowest BCUT2D eigenvalue weighted by atomic mass is 10.1. The lowest BCUT2D eigenvalue weighted by Crippen LogP contribution is -2.39. The van der Waals surface area contributed by atoms with Crippen molar-refractivity contribution in [1.82, 2.24) is 9.80 Å². The minimum Gasteiger partial charge on any atom is -0.493 e. The van der Waals surface area contributed by atoms with Gasteiger partial charge in [-0.3, -0.25) is 9.59 Å². The normalized spacial score (nSPS) is 14.1. The van der Waals surface area contributed by atoms with Crippen LogP contribution in [0.15, 0.2) is 48.5 Å². The Labute approximate surface area is 177 Å². The van der Waals surface area contributed by atoms with Crippen molar-refractivity contribution >= 4 is 17.5 Å². The smallest absolute Gasteiger partial charge is 0.260 e. The second-order valence-electron chi connectivity index (χ2n) is 7.41. The van der Waals surface area contributed by atoms with E-state index in [9.17, 15) is 9.59 Å². The highest BCUT2D eigenvalue weighted by Crippen LogP contribution is 2.25. The summed E-state index contributed by atoms with van der Waals surface area (Å²) in [5.74, 6) is 1.05. The molecule has 1 fully saturated rings. The lowest BCUT2D eigenvalue weighted by molar-refractivity contribution is -0.133. The maximum absolute atomic E-state index is 12.9. The van der Waals surface area contributed by atoms with Crippen molar-refractivity contribution in [3.05, 3.63) is 54.1 Å². The summed E-state index contributed by atoms with van der Waals surface area (Å²) < 4.78 is 10.9. The second kappa shape index (κ2) is 10.0. The number of amides is 2. The van der Waals surface area contributed by atoms with Gasteiger partial charge in [-0.1, -0.05) is 12.1 Å². The Kier molecular flexibility index (Phi) is 7.17. The molecule has 0 unspecified atom stereocenters. The molecule has 0 aliphatic carbocycles. The van der Waals surface area contributed by atoms with Crippen molar-refractivity contribution in [3.63, 3.8) is 0 Å². The maximum Gasteiger partial charge on any atom is 0.260 e. The van der Waals surface area contributed by atoms with Gasteiger partial charge in [-0.05, 0) is 42.8 Å². The van der Waals surface area contributed by atoms with E-state index < -0.39 is 0 Å². The minimum atomic E-state index is -0.0921. The molecule has 1 saturated heterocycles. The van der Waals surface area contributed by atoms with Crippen molar-refractivity contribution in [3.8, 4) is 11.5 Å². The van der Waals surface area contributed by atoms with Crippen molar-refractivity contribution in [2.45, 2.75) is 6.42 Å². The van der Waals surface area contributed by atoms with Gasteiger partial charge in [0, 0.05) is 51.5 Å². The van der Waals surface area contributed by atoms with Gasteiger partial charge in [-0.15, -0.1) is 0 Å². The molecule has 0 bridgehead atoms. The van der Waals surface area contributed by atoms with E-state index in [1.54, 1.807) is 24.1 Å². The molecular weight excluding hydrogens is 382 g/mol. The molecule has 0 aromatic heterocycles. The van der Waals surface area contributed by atoms with E-state index >= 15 is 0 Å². The predicted molar refractivity (Wildman–Crippen MR) is 116 cm³/mol. The molecule has 0 spiro atoms. The summed E-state index contributed by atoms with van der Waals surface area (Å²) in [6.07, 6.45) is 0.738. The number of carbonyl (C=O) groups is 2. The molecule has 7 heteroatoms. The van der Waals surface area contributed by atoms with E-state index in [0.717, 1.165) is 12.1 Å². The van der Waals surface area contributed by atoms with Gasteiger partial charge in [0.15, 0.2) is 18.1 Å². The van der Waals surface area contributed by atoms with Crippen LogP contribution in [0.25, 0.3) is 0 Å². The number of methoxy groups -OCH3 is 1. The Morgan fingerprint density at radius 3 is 2.20 bits per heavy atom. The maximum atomic E-state index is 12.9. The van der Waals surface area contributed by atoms with Gasteiger partial charge in [-0.25, -0.2) is 0 Å². The van der Waals surface area contributed by atoms with E-state index in [1.165, 1.54) is 0 Å². The Balaban J connectivity index is 1.55. The second-order valence-corrected chi connectivity index (χ2v) is 7.41. The lowest BCUT2D eigenvalue weighted by Gasteiger charge is -2.23. The van der Waals surface area contributed by atoms with Crippen LogP contribution in [0.2, 0.25) is 0 Å². The molecule has 0 atom stereocenters. The zero-order valence-corrected chi connectivity index (χ0v) is 17.8. The Morgan fingerprint density at radius 1 is 0.900 bits per heavy atom. The summed E-state index contributed by atoms with van der Waals surface area (Å²) in [6, 6.07) is 14.8. The van der Waals surface area contributed by atoms with Crippen LogP contribution in [0, 0.1) is 0 Å². The molecule has 7 nitrogen and oxygen atoms in total. The number of carbonyl (C=O) groups excluding carboxylic acids is 2. The first kappa shape index (κ1) is 21.5. The molecule has 2 amide bonds. The molecule has 3 rings (SSSR count). The fraction of sp³-hybridized carbons (Fsp3) is 0.391. The van der Waals surface area contributed by atoms with Gasteiger partial charge < -0.3 is 24.2 Å². The summed E-state index contributed by atoms with van der Waals surface area (Å²) in [5.41, 5.74) is 1.72. The van der Waals surface area contributed by atoms with E-state index in [1.807, 2.05) is 60.3 Å². The average Bonchev–Trinajstić information content (AvgIpc) is 3.03. The number of hydrogen-bond acceptors (Lipinski definition) is 5. The molecule has 1 aliphatic rings. The molecule has 0 radical (unpaired) electrons. The molecule has 2 aromatic carbocycles. The van der Waals surface area contributed by atoms with Crippen LogP contribution in [0.3, 0.4) is 0 Å². The van der Waals surface area contributed by atoms with Crippen LogP contribution >= 0.6 is 0 Å². The molecule has 30 heavy (non-hydrogen) atoms. The van der Waals surface area contributed by atoms with Crippen LogP contribution in [-0.4, -0.2) is 75.6 Å². The van der Waals surface area contributed by atoms with E-state index in [0.29, 0.717) is 43.2 Å². The molecule has 1 heterocycles. The fourth-order valence-electron chi connectivity index (χ4n) is 3.42. The Morgan fingerprint density at radius 2 is 1.53 bits per heavy atom.